The van der Waals surface area contributed by atoms with E-state index >= 15 is 0 Å². The summed E-state index contributed by atoms with van der Waals surface area (Å²) in [6.07, 6.45) is 8.72. The molecule has 0 bridgehead atoms. The predicted octanol–water partition coefficient (Wildman–Crippen LogP) is 3.66. The fourth-order valence-corrected chi connectivity index (χ4v) is 3.46. The fraction of sp³-hybridized carbons (Fsp3) is 0.765. The predicted molar refractivity (Wildman–Crippen MR) is 83.7 cm³/mol. The summed E-state index contributed by atoms with van der Waals surface area (Å²) in [5.74, 6) is 1.08. The highest BCUT2D eigenvalue weighted by Crippen LogP contribution is 2.36. The van der Waals surface area contributed by atoms with Crippen LogP contribution in [-0.2, 0) is 6.54 Å². The van der Waals surface area contributed by atoms with Gasteiger partial charge in [0.1, 0.15) is 5.76 Å². The highest BCUT2D eigenvalue weighted by atomic mass is 16.3. The lowest BCUT2D eigenvalue weighted by molar-refractivity contribution is 0.0972. The molecule has 1 aliphatic carbocycles. The van der Waals surface area contributed by atoms with Crippen LogP contribution in [0.4, 0.5) is 0 Å². The van der Waals surface area contributed by atoms with Crippen LogP contribution in [0.15, 0.2) is 22.8 Å². The summed E-state index contributed by atoms with van der Waals surface area (Å²) in [5.41, 5.74) is 0.469. The maximum absolute atomic E-state index is 5.51. The lowest BCUT2D eigenvalue weighted by Crippen LogP contribution is -2.45. The second kappa shape index (κ2) is 7.84. The molecule has 0 saturated heterocycles. The van der Waals surface area contributed by atoms with Crippen molar-refractivity contribution in [1.29, 1.82) is 0 Å². The maximum atomic E-state index is 5.51. The van der Waals surface area contributed by atoms with E-state index in [1.165, 1.54) is 38.6 Å². The van der Waals surface area contributed by atoms with Crippen molar-refractivity contribution in [3.05, 3.63) is 24.2 Å². The van der Waals surface area contributed by atoms with Gasteiger partial charge in [0, 0.05) is 13.1 Å². The van der Waals surface area contributed by atoms with Gasteiger partial charge in [-0.3, -0.25) is 4.90 Å². The Morgan fingerprint density at radius 2 is 2.05 bits per heavy atom. The summed E-state index contributed by atoms with van der Waals surface area (Å²) in [6.45, 7) is 9.93. The minimum absolute atomic E-state index is 0.469. The van der Waals surface area contributed by atoms with Crippen LogP contribution in [0.1, 0.15) is 51.7 Å². The average Bonchev–Trinajstić information content (AvgIpc) is 2.98. The fourth-order valence-electron chi connectivity index (χ4n) is 3.46. The summed E-state index contributed by atoms with van der Waals surface area (Å²) in [6, 6.07) is 4.07. The van der Waals surface area contributed by atoms with Crippen LogP contribution in [0.5, 0.6) is 0 Å². The molecule has 1 fully saturated rings. The third-order valence-electron chi connectivity index (χ3n) is 4.63. The molecule has 1 N–H and O–H groups in total. The SMILES string of the molecule is CCNCC1(CN(CC)Cc2ccco2)CCCCC1. The molecule has 0 spiro atoms. The lowest BCUT2D eigenvalue weighted by Gasteiger charge is -2.41. The van der Waals surface area contributed by atoms with Crippen molar-refractivity contribution in [2.45, 2.75) is 52.5 Å². The summed E-state index contributed by atoms with van der Waals surface area (Å²) in [4.78, 5) is 2.54. The van der Waals surface area contributed by atoms with E-state index in [0.29, 0.717) is 5.41 Å². The normalized spacial score (nSPS) is 18.6. The minimum Gasteiger partial charge on any atom is -0.468 e. The quantitative estimate of drug-likeness (QED) is 0.786. The molecule has 1 heterocycles. The number of rotatable bonds is 8. The first kappa shape index (κ1) is 15.6. The van der Waals surface area contributed by atoms with Crippen molar-refractivity contribution >= 4 is 0 Å². The Kier molecular flexibility index (Phi) is 6.11. The van der Waals surface area contributed by atoms with Gasteiger partial charge in [-0.15, -0.1) is 0 Å². The summed E-state index contributed by atoms with van der Waals surface area (Å²) in [7, 11) is 0. The van der Waals surface area contributed by atoms with Gasteiger partial charge in [-0.05, 0) is 43.5 Å². The van der Waals surface area contributed by atoms with Crippen LogP contribution in [0.3, 0.4) is 0 Å². The third-order valence-corrected chi connectivity index (χ3v) is 4.63. The van der Waals surface area contributed by atoms with Gasteiger partial charge in [0.2, 0.25) is 0 Å². The molecule has 0 unspecified atom stereocenters. The van der Waals surface area contributed by atoms with Crippen LogP contribution < -0.4 is 5.32 Å². The zero-order valence-corrected chi connectivity index (χ0v) is 13.2. The molecule has 20 heavy (non-hydrogen) atoms. The largest absolute Gasteiger partial charge is 0.468 e. The van der Waals surface area contributed by atoms with E-state index < -0.39 is 0 Å². The van der Waals surface area contributed by atoms with Crippen LogP contribution in [0, 0.1) is 5.41 Å². The number of hydrogen-bond acceptors (Lipinski definition) is 3. The number of nitrogens with one attached hydrogen (secondary N) is 1. The van der Waals surface area contributed by atoms with Crippen LogP contribution >= 0.6 is 0 Å². The first-order valence-electron chi connectivity index (χ1n) is 8.23. The molecule has 114 valence electrons. The third kappa shape index (κ3) is 4.35. The Balaban J connectivity index is 1.96. The molecule has 0 amide bonds. The van der Waals surface area contributed by atoms with E-state index in [4.69, 9.17) is 4.42 Å². The van der Waals surface area contributed by atoms with Crippen molar-refractivity contribution in [1.82, 2.24) is 10.2 Å². The number of hydrogen-bond donors (Lipinski definition) is 1. The Morgan fingerprint density at radius 3 is 2.65 bits per heavy atom. The highest BCUT2D eigenvalue weighted by molar-refractivity contribution is 4.98. The first-order chi connectivity index (χ1) is 9.78. The molecule has 3 nitrogen and oxygen atoms in total. The van der Waals surface area contributed by atoms with E-state index in [-0.39, 0.29) is 0 Å². The van der Waals surface area contributed by atoms with Gasteiger partial charge < -0.3 is 9.73 Å². The van der Waals surface area contributed by atoms with Crippen molar-refractivity contribution < 1.29 is 4.42 Å². The van der Waals surface area contributed by atoms with Crippen LogP contribution in [-0.4, -0.2) is 31.1 Å². The van der Waals surface area contributed by atoms with Gasteiger partial charge in [-0.1, -0.05) is 33.1 Å². The van der Waals surface area contributed by atoms with Crippen LogP contribution in [0.25, 0.3) is 0 Å². The second-order valence-corrected chi connectivity index (χ2v) is 6.22. The molecule has 0 atom stereocenters. The number of furan rings is 1. The smallest absolute Gasteiger partial charge is 0.117 e. The molecule has 0 aliphatic heterocycles. The molecule has 1 aromatic rings. The van der Waals surface area contributed by atoms with E-state index in [1.807, 2.05) is 6.07 Å². The number of nitrogens with zero attached hydrogens (tertiary/aromatic N) is 1. The summed E-state index contributed by atoms with van der Waals surface area (Å²) < 4.78 is 5.51. The average molecular weight is 278 g/mol. The minimum atomic E-state index is 0.469. The molecule has 0 aromatic carbocycles. The molecular formula is C17H30N2O. The molecule has 1 aromatic heterocycles. The van der Waals surface area contributed by atoms with Crippen molar-refractivity contribution in [2.24, 2.45) is 5.41 Å². The van der Waals surface area contributed by atoms with Gasteiger partial charge in [-0.25, -0.2) is 0 Å². The molecule has 1 aliphatic rings. The van der Waals surface area contributed by atoms with Crippen molar-refractivity contribution in [2.75, 3.05) is 26.2 Å². The van der Waals surface area contributed by atoms with Crippen molar-refractivity contribution in [3.8, 4) is 0 Å². The Morgan fingerprint density at radius 1 is 1.25 bits per heavy atom. The van der Waals surface area contributed by atoms with Gasteiger partial charge in [0.15, 0.2) is 0 Å². The first-order valence-corrected chi connectivity index (χ1v) is 8.23. The summed E-state index contributed by atoms with van der Waals surface area (Å²) in [5, 5.41) is 3.60. The van der Waals surface area contributed by atoms with E-state index in [2.05, 4.69) is 30.1 Å². The zero-order valence-electron chi connectivity index (χ0n) is 13.2. The molecule has 3 heteroatoms. The van der Waals surface area contributed by atoms with E-state index in [0.717, 1.165) is 31.9 Å². The second-order valence-electron chi connectivity index (χ2n) is 6.22. The molecular weight excluding hydrogens is 248 g/mol. The van der Waals surface area contributed by atoms with E-state index in [1.54, 1.807) is 6.26 Å². The van der Waals surface area contributed by atoms with Gasteiger partial charge in [-0.2, -0.15) is 0 Å². The van der Waals surface area contributed by atoms with Crippen molar-refractivity contribution in [3.63, 3.8) is 0 Å². The molecule has 1 saturated carbocycles. The Labute approximate surface area is 123 Å². The summed E-state index contributed by atoms with van der Waals surface area (Å²) >= 11 is 0. The van der Waals surface area contributed by atoms with E-state index in [9.17, 15) is 0 Å². The topological polar surface area (TPSA) is 28.4 Å². The standard InChI is InChI=1S/C17H30N2O/c1-3-18-14-17(10-6-5-7-11-17)15-19(4-2)13-16-9-8-12-20-16/h8-9,12,18H,3-7,10-11,13-15H2,1-2H3. The Bertz CT molecular complexity index is 355. The Hall–Kier alpha value is -0.800. The monoisotopic (exact) mass is 278 g/mol. The van der Waals surface area contributed by atoms with Crippen LogP contribution in [0.2, 0.25) is 0 Å². The molecule has 2 rings (SSSR count). The molecule has 0 radical (unpaired) electrons. The van der Waals surface area contributed by atoms with Gasteiger partial charge in [0.25, 0.3) is 0 Å². The van der Waals surface area contributed by atoms with Gasteiger partial charge >= 0.3 is 0 Å². The lowest BCUT2D eigenvalue weighted by atomic mass is 9.73. The highest BCUT2D eigenvalue weighted by Gasteiger charge is 2.33. The zero-order chi connectivity index (χ0) is 14.3. The van der Waals surface area contributed by atoms with Gasteiger partial charge in [0.05, 0.1) is 12.8 Å². The maximum Gasteiger partial charge on any atom is 0.117 e.